The smallest absolute Gasteiger partial charge is 0.407 e. The van der Waals surface area contributed by atoms with Crippen LogP contribution in [0.5, 0.6) is 0 Å². The van der Waals surface area contributed by atoms with Gasteiger partial charge >= 0.3 is 6.09 Å². The van der Waals surface area contributed by atoms with Crippen LogP contribution in [0, 0.1) is 0 Å². The molecule has 2 aliphatic rings. The standard InChI is InChI=1S/C14H17NO4/c16-13(17)15-8-6-14(7-9-15)18-10-12(19-14)11-4-2-1-3-5-11/h1-5,12H,6-10H2,(H,16,17). The van der Waals surface area contributed by atoms with E-state index in [2.05, 4.69) is 0 Å². The zero-order valence-corrected chi connectivity index (χ0v) is 10.6. The van der Waals surface area contributed by atoms with Gasteiger partial charge in [0.15, 0.2) is 5.79 Å². The third kappa shape index (κ3) is 2.43. The maximum absolute atomic E-state index is 10.9. The van der Waals surface area contributed by atoms with Crippen molar-refractivity contribution in [1.82, 2.24) is 4.90 Å². The highest BCUT2D eigenvalue weighted by atomic mass is 16.7. The first kappa shape index (κ1) is 12.4. The van der Waals surface area contributed by atoms with Gasteiger partial charge in [0.1, 0.15) is 6.10 Å². The van der Waals surface area contributed by atoms with Crippen molar-refractivity contribution in [3.8, 4) is 0 Å². The molecule has 0 aromatic heterocycles. The van der Waals surface area contributed by atoms with E-state index in [1.807, 2.05) is 30.3 Å². The normalized spacial score (nSPS) is 25.7. The highest BCUT2D eigenvalue weighted by Gasteiger charge is 2.44. The van der Waals surface area contributed by atoms with E-state index in [4.69, 9.17) is 14.6 Å². The molecular weight excluding hydrogens is 246 g/mol. The van der Waals surface area contributed by atoms with Gasteiger partial charge in [0.25, 0.3) is 0 Å². The highest BCUT2D eigenvalue weighted by molar-refractivity contribution is 5.65. The topological polar surface area (TPSA) is 59.0 Å². The van der Waals surface area contributed by atoms with Gasteiger partial charge in [-0.05, 0) is 5.56 Å². The quantitative estimate of drug-likeness (QED) is 0.844. The second-order valence-corrected chi connectivity index (χ2v) is 5.01. The Bertz CT molecular complexity index is 454. The molecule has 2 aliphatic heterocycles. The molecule has 19 heavy (non-hydrogen) atoms. The Labute approximate surface area is 111 Å². The molecule has 1 N–H and O–H groups in total. The first-order valence-electron chi connectivity index (χ1n) is 6.53. The maximum atomic E-state index is 10.9. The average Bonchev–Trinajstić information content (AvgIpc) is 2.84. The van der Waals surface area contributed by atoms with Crippen molar-refractivity contribution in [2.24, 2.45) is 0 Å². The molecule has 1 spiro atoms. The summed E-state index contributed by atoms with van der Waals surface area (Å²) in [5.41, 5.74) is 1.11. The van der Waals surface area contributed by atoms with Gasteiger partial charge in [-0.3, -0.25) is 0 Å². The Morgan fingerprint density at radius 2 is 1.95 bits per heavy atom. The molecule has 2 saturated heterocycles. The summed E-state index contributed by atoms with van der Waals surface area (Å²) < 4.78 is 11.9. The summed E-state index contributed by atoms with van der Waals surface area (Å²) >= 11 is 0. The summed E-state index contributed by atoms with van der Waals surface area (Å²) in [5, 5.41) is 8.94. The fraction of sp³-hybridized carbons (Fsp3) is 0.500. The van der Waals surface area contributed by atoms with Crippen molar-refractivity contribution < 1.29 is 19.4 Å². The van der Waals surface area contributed by atoms with Crippen LogP contribution in [-0.4, -0.2) is 41.6 Å². The lowest BCUT2D eigenvalue weighted by atomic mass is 10.0. The number of benzene rings is 1. The highest BCUT2D eigenvalue weighted by Crippen LogP contribution is 2.39. The number of piperidine rings is 1. The minimum Gasteiger partial charge on any atom is -0.465 e. The predicted molar refractivity (Wildman–Crippen MR) is 67.8 cm³/mol. The Balaban J connectivity index is 1.65. The lowest BCUT2D eigenvalue weighted by Crippen LogP contribution is -2.46. The van der Waals surface area contributed by atoms with Crippen LogP contribution in [0.25, 0.3) is 0 Å². The third-order valence-electron chi connectivity index (χ3n) is 3.82. The number of ether oxygens (including phenoxy) is 2. The zero-order chi connectivity index (χ0) is 13.3. The van der Waals surface area contributed by atoms with Gasteiger partial charge < -0.3 is 19.5 Å². The van der Waals surface area contributed by atoms with Gasteiger partial charge in [0.05, 0.1) is 6.61 Å². The third-order valence-corrected chi connectivity index (χ3v) is 3.82. The van der Waals surface area contributed by atoms with Gasteiger partial charge in [0, 0.05) is 25.9 Å². The van der Waals surface area contributed by atoms with E-state index in [-0.39, 0.29) is 6.10 Å². The Kier molecular flexibility index (Phi) is 3.16. The van der Waals surface area contributed by atoms with Gasteiger partial charge in [-0.25, -0.2) is 4.79 Å². The van der Waals surface area contributed by atoms with Crippen LogP contribution in [0.3, 0.4) is 0 Å². The van der Waals surface area contributed by atoms with Crippen LogP contribution >= 0.6 is 0 Å². The lowest BCUT2D eigenvalue weighted by Gasteiger charge is -2.36. The molecule has 1 unspecified atom stereocenters. The van der Waals surface area contributed by atoms with Crippen LogP contribution in [-0.2, 0) is 9.47 Å². The number of hydrogen-bond acceptors (Lipinski definition) is 3. The molecule has 0 radical (unpaired) electrons. The molecule has 2 fully saturated rings. The molecule has 1 amide bonds. The van der Waals surface area contributed by atoms with Gasteiger partial charge in [0.2, 0.25) is 0 Å². The first-order chi connectivity index (χ1) is 9.19. The zero-order valence-electron chi connectivity index (χ0n) is 10.6. The Morgan fingerprint density at radius 3 is 2.58 bits per heavy atom. The molecule has 0 bridgehead atoms. The van der Waals surface area contributed by atoms with E-state index in [0.717, 1.165) is 5.56 Å². The number of carbonyl (C=O) groups is 1. The molecule has 5 nitrogen and oxygen atoms in total. The van der Waals surface area contributed by atoms with Crippen LogP contribution in [0.4, 0.5) is 4.79 Å². The molecule has 5 heteroatoms. The summed E-state index contributed by atoms with van der Waals surface area (Å²) in [6.45, 7) is 1.48. The van der Waals surface area contributed by atoms with E-state index in [1.54, 1.807) is 0 Å². The van der Waals surface area contributed by atoms with Crippen molar-refractivity contribution in [2.45, 2.75) is 24.7 Å². The van der Waals surface area contributed by atoms with Gasteiger partial charge in [-0.15, -0.1) is 0 Å². The summed E-state index contributed by atoms with van der Waals surface area (Å²) in [5.74, 6) is -0.591. The molecule has 102 valence electrons. The molecule has 1 aromatic rings. The average molecular weight is 263 g/mol. The van der Waals surface area contributed by atoms with Crippen molar-refractivity contribution in [3.05, 3.63) is 35.9 Å². The molecular formula is C14H17NO4. The van der Waals surface area contributed by atoms with Crippen molar-refractivity contribution in [1.29, 1.82) is 0 Å². The monoisotopic (exact) mass is 263 g/mol. The van der Waals surface area contributed by atoms with E-state index < -0.39 is 11.9 Å². The van der Waals surface area contributed by atoms with Crippen LogP contribution in [0.2, 0.25) is 0 Å². The summed E-state index contributed by atoms with van der Waals surface area (Å²) in [4.78, 5) is 12.3. The number of amides is 1. The fourth-order valence-electron chi connectivity index (χ4n) is 2.69. The molecule has 0 aliphatic carbocycles. The summed E-state index contributed by atoms with van der Waals surface area (Å²) in [6.07, 6.45) is 0.288. The molecule has 2 heterocycles. The molecule has 1 aromatic carbocycles. The SMILES string of the molecule is O=C(O)N1CCC2(CC1)OCC(c1ccccc1)O2. The molecule has 1 atom stereocenters. The number of likely N-dealkylation sites (tertiary alicyclic amines) is 1. The minimum atomic E-state index is -0.868. The molecule has 0 saturated carbocycles. The number of nitrogens with zero attached hydrogens (tertiary/aromatic N) is 1. The minimum absolute atomic E-state index is 0.0439. The largest absolute Gasteiger partial charge is 0.465 e. The maximum Gasteiger partial charge on any atom is 0.407 e. The number of hydrogen-bond donors (Lipinski definition) is 1. The fourth-order valence-corrected chi connectivity index (χ4v) is 2.69. The van der Waals surface area contributed by atoms with Crippen molar-refractivity contribution >= 4 is 6.09 Å². The predicted octanol–water partition coefficient (Wildman–Crippen LogP) is 2.24. The van der Waals surface area contributed by atoms with Gasteiger partial charge in [-0.2, -0.15) is 0 Å². The van der Waals surface area contributed by atoms with Crippen molar-refractivity contribution in [2.75, 3.05) is 19.7 Å². The number of rotatable bonds is 1. The summed E-state index contributed by atoms with van der Waals surface area (Å²) in [7, 11) is 0. The summed E-state index contributed by atoms with van der Waals surface area (Å²) in [6, 6.07) is 9.99. The second kappa shape index (κ2) is 4.83. The Morgan fingerprint density at radius 1 is 1.26 bits per heavy atom. The van der Waals surface area contributed by atoms with E-state index in [9.17, 15) is 4.79 Å². The first-order valence-corrected chi connectivity index (χ1v) is 6.53. The number of carboxylic acid groups (broad SMARTS) is 1. The Hall–Kier alpha value is -1.59. The van der Waals surface area contributed by atoms with Crippen molar-refractivity contribution in [3.63, 3.8) is 0 Å². The lowest BCUT2D eigenvalue weighted by molar-refractivity contribution is -0.192. The van der Waals surface area contributed by atoms with Crippen LogP contribution < -0.4 is 0 Å². The molecule has 3 rings (SSSR count). The van der Waals surface area contributed by atoms with Crippen LogP contribution in [0.1, 0.15) is 24.5 Å². The van der Waals surface area contributed by atoms with Gasteiger partial charge in [-0.1, -0.05) is 30.3 Å². The second-order valence-electron chi connectivity index (χ2n) is 5.01. The van der Waals surface area contributed by atoms with Crippen LogP contribution in [0.15, 0.2) is 30.3 Å². The van der Waals surface area contributed by atoms with E-state index >= 15 is 0 Å². The van der Waals surface area contributed by atoms with E-state index in [1.165, 1.54) is 4.90 Å². The van der Waals surface area contributed by atoms with E-state index in [0.29, 0.717) is 32.5 Å².